The molecule has 2 aromatic rings. The smallest absolute Gasteiger partial charge is 0.125 e. The molecule has 0 atom stereocenters. The van der Waals surface area contributed by atoms with Gasteiger partial charge in [0.2, 0.25) is 0 Å². The predicted molar refractivity (Wildman–Crippen MR) is 68.0 cm³/mol. The summed E-state index contributed by atoms with van der Waals surface area (Å²) in [6, 6.07) is 10.6. The van der Waals surface area contributed by atoms with Gasteiger partial charge < -0.3 is 11.1 Å². The normalized spacial score (nSPS) is 10.4. The van der Waals surface area contributed by atoms with Gasteiger partial charge in [-0.2, -0.15) is 0 Å². The number of anilines is 1. The van der Waals surface area contributed by atoms with Gasteiger partial charge in [-0.3, -0.25) is 0 Å². The predicted octanol–water partition coefficient (Wildman–Crippen LogP) is 3.04. The number of rotatable bonds is 4. The summed E-state index contributed by atoms with van der Waals surface area (Å²) in [6.45, 7) is 0.758. The molecule has 94 valence electrons. The van der Waals surface area contributed by atoms with Crippen LogP contribution in [0.4, 0.5) is 14.5 Å². The molecule has 3 N–H and O–H groups in total. The first-order valence-corrected chi connectivity index (χ1v) is 5.66. The Morgan fingerprint density at radius 3 is 2.44 bits per heavy atom. The van der Waals surface area contributed by atoms with Gasteiger partial charge in [-0.05, 0) is 41.5 Å². The lowest BCUT2D eigenvalue weighted by atomic mass is 10.1. The summed E-state index contributed by atoms with van der Waals surface area (Å²) in [6.07, 6.45) is 0. The van der Waals surface area contributed by atoms with Crippen molar-refractivity contribution in [2.24, 2.45) is 5.73 Å². The summed E-state index contributed by atoms with van der Waals surface area (Å²) in [4.78, 5) is 0. The molecule has 0 unspecified atom stereocenters. The van der Waals surface area contributed by atoms with Crippen LogP contribution in [-0.2, 0) is 13.1 Å². The standard InChI is InChI=1S/C14H14F2N2/c15-12-2-1-3-14(7-12)18-9-11-6-13(16)5-4-10(11)8-17/h1-7,18H,8-9,17H2. The van der Waals surface area contributed by atoms with Gasteiger partial charge in [-0.25, -0.2) is 8.78 Å². The van der Waals surface area contributed by atoms with E-state index in [1.807, 2.05) is 0 Å². The fourth-order valence-electron chi connectivity index (χ4n) is 1.75. The van der Waals surface area contributed by atoms with Crippen LogP contribution in [0, 0.1) is 11.6 Å². The Labute approximate surface area is 104 Å². The van der Waals surface area contributed by atoms with E-state index in [4.69, 9.17) is 5.73 Å². The number of hydrogen-bond donors (Lipinski definition) is 2. The van der Waals surface area contributed by atoms with E-state index in [2.05, 4.69) is 5.32 Å². The number of benzene rings is 2. The summed E-state index contributed by atoms with van der Waals surface area (Å²) < 4.78 is 26.1. The maximum Gasteiger partial charge on any atom is 0.125 e. The Morgan fingerprint density at radius 2 is 1.72 bits per heavy atom. The molecule has 4 heteroatoms. The highest BCUT2D eigenvalue weighted by atomic mass is 19.1. The first-order chi connectivity index (χ1) is 8.69. The molecule has 18 heavy (non-hydrogen) atoms. The maximum atomic E-state index is 13.1. The zero-order valence-corrected chi connectivity index (χ0v) is 9.79. The first-order valence-electron chi connectivity index (χ1n) is 5.66. The summed E-state index contributed by atoms with van der Waals surface area (Å²) in [5.74, 6) is -0.610. The molecule has 0 heterocycles. The van der Waals surface area contributed by atoms with E-state index in [0.29, 0.717) is 18.8 Å². The average molecular weight is 248 g/mol. The van der Waals surface area contributed by atoms with Crippen LogP contribution >= 0.6 is 0 Å². The van der Waals surface area contributed by atoms with E-state index in [0.717, 1.165) is 11.1 Å². The monoisotopic (exact) mass is 248 g/mol. The van der Waals surface area contributed by atoms with Gasteiger partial charge in [0.15, 0.2) is 0 Å². The minimum Gasteiger partial charge on any atom is -0.381 e. The van der Waals surface area contributed by atoms with Crippen molar-refractivity contribution in [1.82, 2.24) is 0 Å². The van der Waals surface area contributed by atoms with Gasteiger partial charge in [-0.15, -0.1) is 0 Å². The Morgan fingerprint density at radius 1 is 0.944 bits per heavy atom. The van der Waals surface area contributed by atoms with Crippen LogP contribution in [0.3, 0.4) is 0 Å². The summed E-state index contributed by atoms with van der Waals surface area (Å²) in [5, 5.41) is 3.04. The summed E-state index contributed by atoms with van der Waals surface area (Å²) in [7, 11) is 0. The Kier molecular flexibility index (Phi) is 3.89. The van der Waals surface area contributed by atoms with Gasteiger partial charge in [0, 0.05) is 18.8 Å². The van der Waals surface area contributed by atoms with Gasteiger partial charge in [-0.1, -0.05) is 12.1 Å². The van der Waals surface area contributed by atoms with Gasteiger partial charge in [0.25, 0.3) is 0 Å². The van der Waals surface area contributed by atoms with Crippen LogP contribution in [0.5, 0.6) is 0 Å². The summed E-state index contributed by atoms with van der Waals surface area (Å²) >= 11 is 0. The molecule has 2 nitrogen and oxygen atoms in total. The van der Waals surface area contributed by atoms with Crippen LogP contribution in [0.15, 0.2) is 42.5 Å². The highest BCUT2D eigenvalue weighted by Gasteiger charge is 2.03. The average Bonchev–Trinajstić information content (AvgIpc) is 2.37. The third-order valence-corrected chi connectivity index (χ3v) is 2.70. The molecule has 0 bridgehead atoms. The van der Waals surface area contributed by atoms with Crippen LogP contribution in [0.25, 0.3) is 0 Å². The Bertz CT molecular complexity index is 541. The van der Waals surface area contributed by atoms with Crippen molar-refractivity contribution < 1.29 is 8.78 Å². The maximum absolute atomic E-state index is 13.1. The fourth-order valence-corrected chi connectivity index (χ4v) is 1.75. The number of nitrogens with one attached hydrogen (secondary N) is 1. The van der Waals surface area contributed by atoms with Crippen LogP contribution < -0.4 is 11.1 Å². The third-order valence-electron chi connectivity index (χ3n) is 2.70. The lowest BCUT2D eigenvalue weighted by Gasteiger charge is -2.10. The van der Waals surface area contributed by atoms with Crippen molar-refractivity contribution in [3.63, 3.8) is 0 Å². The second-order valence-corrected chi connectivity index (χ2v) is 3.98. The quantitative estimate of drug-likeness (QED) is 0.872. The SMILES string of the molecule is NCc1ccc(F)cc1CNc1cccc(F)c1. The molecule has 0 aliphatic rings. The molecule has 0 fully saturated rings. The second kappa shape index (κ2) is 5.60. The molecule has 0 radical (unpaired) electrons. The van der Waals surface area contributed by atoms with Crippen molar-refractivity contribution in [3.8, 4) is 0 Å². The van der Waals surface area contributed by atoms with Crippen LogP contribution in [0.1, 0.15) is 11.1 Å². The molecule has 0 amide bonds. The van der Waals surface area contributed by atoms with Crippen molar-refractivity contribution in [1.29, 1.82) is 0 Å². The third kappa shape index (κ3) is 3.05. The largest absolute Gasteiger partial charge is 0.381 e. The molecule has 0 saturated heterocycles. The highest BCUT2D eigenvalue weighted by Crippen LogP contribution is 2.15. The fraction of sp³-hybridized carbons (Fsp3) is 0.143. The van der Waals surface area contributed by atoms with Gasteiger partial charge in [0.05, 0.1) is 0 Å². The van der Waals surface area contributed by atoms with Crippen LogP contribution in [0.2, 0.25) is 0 Å². The number of hydrogen-bond acceptors (Lipinski definition) is 2. The number of nitrogens with two attached hydrogens (primary N) is 1. The minimum absolute atomic E-state index is 0.303. The van der Waals surface area contributed by atoms with Gasteiger partial charge >= 0.3 is 0 Å². The molecule has 0 spiro atoms. The minimum atomic E-state index is -0.307. The molecule has 0 aliphatic carbocycles. The zero-order chi connectivity index (χ0) is 13.0. The van der Waals surface area contributed by atoms with Crippen molar-refractivity contribution in [2.45, 2.75) is 13.1 Å². The van der Waals surface area contributed by atoms with E-state index in [-0.39, 0.29) is 11.6 Å². The first kappa shape index (κ1) is 12.5. The van der Waals surface area contributed by atoms with Crippen LogP contribution in [-0.4, -0.2) is 0 Å². The molecule has 0 saturated carbocycles. The molecule has 0 aromatic heterocycles. The number of halogens is 2. The Balaban J connectivity index is 2.12. The molecular weight excluding hydrogens is 234 g/mol. The topological polar surface area (TPSA) is 38.0 Å². The van der Waals surface area contributed by atoms with E-state index in [1.54, 1.807) is 18.2 Å². The molecule has 0 aliphatic heterocycles. The van der Waals surface area contributed by atoms with E-state index >= 15 is 0 Å². The van der Waals surface area contributed by atoms with E-state index < -0.39 is 0 Å². The highest BCUT2D eigenvalue weighted by molar-refractivity contribution is 5.44. The van der Waals surface area contributed by atoms with Crippen molar-refractivity contribution in [2.75, 3.05) is 5.32 Å². The lowest BCUT2D eigenvalue weighted by molar-refractivity contribution is 0.624. The Hall–Kier alpha value is -1.94. The molecule has 2 rings (SSSR count). The van der Waals surface area contributed by atoms with Crippen molar-refractivity contribution in [3.05, 3.63) is 65.2 Å². The van der Waals surface area contributed by atoms with Crippen molar-refractivity contribution >= 4 is 5.69 Å². The van der Waals surface area contributed by atoms with E-state index in [1.165, 1.54) is 24.3 Å². The summed E-state index contributed by atoms with van der Waals surface area (Å²) in [5.41, 5.74) is 7.89. The molecular formula is C14H14F2N2. The van der Waals surface area contributed by atoms with E-state index in [9.17, 15) is 8.78 Å². The van der Waals surface area contributed by atoms with Gasteiger partial charge in [0.1, 0.15) is 11.6 Å². The second-order valence-electron chi connectivity index (χ2n) is 3.98. The molecule has 2 aromatic carbocycles. The lowest BCUT2D eigenvalue weighted by Crippen LogP contribution is -2.07. The zero-order valence-electron chi connectivity index (χ0n) is 9.79.